The van der Waals surface area contributed by atoms with Gasteiger partial charge in [0.05, 0.1) is 12.7 Å². The Bertz CT molecular complexity index is 406. The third kappa shape index (κ3) is 3.27. The Balaban J connectivity index is 3.16. The molecule has 0 heterocycles. The summed E-state index contributed by atoms with van der Waals surface area (Å²) in [5.41, 5.74) is 4.48. The molecule has 0 fully saturated rings. The van der Waals surface area contributed by atoms with Gasteiger partial charge in [-0.05, 0) is 24.4 Å². The smallest absolute Gasteiger partial charge is 0.416 e. The molecule has 0 aromatic heterocycles. The van der Waals surface area contributed by atoms with E-state index in [4.69, 9.17) is 10.5 Å². The highest BCUT2D eigenvalue weighted by atomic mass is 32.1. The van der Waals surface area contributed by atoms with Crippen LogP contribution in [0.25, 0.3) is 0 Å². The van der Waals surface area contributed by atoms with Crippen LogP contribution in [-0.4, -0.2) is 12.2 Å². The summed E-state index contributed by atoms with van der Waals surface area (Å²) in [6.45, 7) is 0. The van der Waals surface area contributed by atoms with Crippen LogP contribution in [0.3, 0.4) is 0 Å². The van der Waals surface area contributed by atoms with E-state index in [1.54, 1.807) is 0 Å². The summed E-state index contributed by atoms with van der Waals surface area (Å²) in [7, 11) is 1.28. The molecule has 0 aliphatic carbocycles. The average molecular weight is 250 g/mol. The molecule has 1 aromatic carbocycles. The van der Waals surface area contributed by atoms with E-state index in [1.807, 2.05) is 0 Å². The second-order valence-electron chi connectivity index (χ2n) is 2.94. The minimum absolute atomic E-state index is 0.0774. The van der Waals surface area contributed by atoms with Gasteiger partial charge in [-0.15, -0.1) is 0 Å². The lowest BCUT2D eigenvalue weighted by atomic mass is 10.2. The van der Waals surface area contributed by atoms with E-state index in [0.717, 1.165) is 12.1 Å². The van der Waals surface area contributed by atoms with Crippen LogP contribution in [0.4, 0.5) is 18.9 Å². The number of hydrogen-bond acceptors (Lipinski definition) is 2. The Morgan fingerprint density at radius 1 is 1.38 bits per heavy atom. The molecular weight excluding hydrogens is 241 g/mol. The number of halogens is 3. The van der Waals surface area contributed by atoms with Crippen molar-refractivity contribution in [1.29, 1.82) is 0 Å². The fourth-order valence-electron chi connectivity index (χ4n) is 1.09. The summed E-state index contributed by atoms with van der Waals surface area (Å²) in [5, 5.41) is 2.31. The number of rotatable bonds is 2. The number of alkyl halides is 3. The van der Waals surface area contributed by atoms with Crippen LogP contribution in [0, 0.1) is 0 Å². The zero-order chi connectivity index (χ0) is 12.3. The van der Waals surface area contributed by atoms with Crippen LogP contribution in [0.2, 0.25) is 0 Å². The molecule has 0 atom stereocenters. The van der Waals surface area contributed by atoms with Gasteiger partial charge in [0.2, 0.25) is 0 Å². The zero-order valence-electron chi connectivity index (χ0n) is 8.26. The lowest BCUT2D eigenvalue weighted by Gasteiger charge is -2.12. The quantitative estimate of drug-likeness (QED) is 0.791. The van der Waals surface area contributed by atoms with Crippen LogP contribution < -0.4 is 15.8 Å². The maximum atomic E-state index is 12.5. The third-order valence-corrected chi connectivity index (χ3v) is 1.84. The van der Waals surface area contributed by atoms with Crippen LogP contribution in [0.5, 0.6) is 5.75 Å². The van der Waals surface area contributed by atoms with Gasteiger partial charge in [-0.25, -0.2) is 0 Å². The molecule has 1 aromatic rings. The zero-order valence-corrected chi connectivity index (χ0v) is 9.08. The van der Waals surface area contributed by atoms with Crippen LogP contribution in [0.1, 0.15) is 5.56 Å². The number of thiocarbonyl (C=S) groups is 1. The number of hydrogen-bond donors (Lipinski definition) is 2. The van der Waals surface area contributed by atoms with E-state index < -0.39 is 11.7 Å². The van der Waals surface area contributed by atoms with Gasteiger partial charge < -0.3 is 15.8 Å². The molecule has 0 amide bonds. The van der Waals surface area contributed by atoms with Crippen molar-refractivity contribution < 1.29 is 17.9 Å². The summed E-state index contributed by atoms with van der Waals surface area (Å²) in [5.74, 6) is 0.0774. The minimum Gasteiger partial charge on any atom is -0.497 e. The number of benzene rings is 1. The topological polar surface area (TPSA) is 47.3 Å². The van der Waals surface area contributed by atoms with E-state index in [9.17, 15) is 13.2 Å². The number of methoxy groups -OCH3 is 1. The molecule has 7 heteroatoms. The normalized spacial score (nSPS) is 11.0. The Labute approximate surface area is 95.4 Å². The van der Waals surface area contributed by atoms with Gasteiger partial charge in [-0.3, -0.25) is 0 Å². The lowest BCUT2D eigenvalue weighted by molar-refractivity contribution is -0.137. The van der Waals surface area contributed by atoms with Crippen LogP contribution >= 0.6 is 12.2 Å². The van der Waals surface area contributed by atoms with Gasteiger partial charge in [0, 0.05) is 11.8 Å². The highest BCUT2D eigenvalue weighted by Crippen LogP contribution is 2.33. The summed E-state index contributed by atoms with van der Waals surface area (Å²) in [4.78, 5) is 0. The Morgan fingerprint density at radius 2 is 2.00 bits per heavy atom. The van der Waals surface area contributed by atoms with E-state index in [0.29, 0.717) is 0 Å². The molecule has 0 radical (unpaired) electrons. The first-order chi connectivity index (χ1) is 7.32. The van der Waals surface area contributed by atoms with Crippen molar-refractivity contribution >= 4 is 23.0 Å². The highest BCUT2D eigenvalue weighted by molar-refractivity contribution is 7.80. The van der Waals surface area contributed by atoms with Crippen LogP contribution in [-0.2, 0) is 6.18 Å². The highest BCUT2D eigenvalue weighted by Gasteiger charge is 2.31. The molecule has 3 N–H and O–H groups in total. The van der Waals surface area contributed by atoms with E-state index >= 15 is 0 Å². The second-order valence-corrected chi connectivity index (χ2v) is 3.38. The first-order valence-electron chi connectivity index (χ1n) is 4.15. The molecular formula is C9H9F3N2OS. The summed E-state index contributed by atoms with van der Waals surface area (Å²) >= 11 is 4.54. The van der Waals surface area contributed by atoms with Crippen molar-refractivity contribution in [3.63, 3.8) is 0 Å². The molecule has 0 saturated carbocycles. The van der Waals surface area contributed by atoms with Crippen molar-refractivity contribution in [3.8, 4) is 5.75 Å². The molecule has 88 valence electrons. The fraction of sp³-hybridized carbons (Fsp3) is 0.222. The molecule has 3 nitrogen and oxygen atoms in total. The van der Waals surface area contributed by atoms with E-state index in [2.05, 4.69) is 17.5 Å². The molecule has 0 bridgehead atoms. The molecule has 1 rings (SSSR count). The maximum absolute atomic E-state index is 12.5. The van der Waals surface area contributed by atoms with Gasteiger partial charge in [0.25, 0.3) is 0 Å². The largest absolute Gasteiger partial charge is 0.497 e. The van der Waals surface area contributed by atoms with Crippen molar-refractivity contribution in [3.05, 3.63) is 23.8 Å². The lowest BCUT2D eigenvalue weighted by Crippen LogP contribution is -2.19. The number of nitrogens with two attached hydrogens (primary N) is 1. The van der Waals surface area contributed by atoms with Gasteiger partial charge >= 0.3 is 6.18 Å². The first-order valence-corrected chi connectivity index (χ1v) is 4.56. The fourth-order valence-corrected chi connectivity index (χ4v) is 1.21. The van der Waals surface area contributed by atoms with Gasteiger partial charge in [0.1, 0.15) is 5.75 Å². The summed E-state index contributed by atoms with van der Waals surface area (Å²) in [6.07, 6.45) is -4.44. The maximum Gasteiger partial charge on any atom is 0.416 e. The van der Waals surface area contributed by atoms with Gasteiger partial charge in [-0.2, -0.15) is 13.2 Å². The standard InChI is InChI=1S/C9H9F3N2OS/c1-15-7-3-5(9(10,11)12)2-6(4-7)14-8(13)16/h2-4H,1H3,(H3,13,14,16). The SMILES string of the molecule is COc1cc(NC(N)=S)cc(C(F)(F)F)c1. The molecule has 0 aliphatic rings. The second kappa shape index (κ2) is 4.56. The number of anilines is 1. The van der Waals surface area contributed by atoms with Gasteiger partial charge in [0.15, 0.2) is 5.11 Å². The summed E-state index contributed by atoms with van der Waals surface area (Å²) < 4.78 is 42.2. The van der Waals surface area contributed by atoms with Crippen molar-refractivity contribution in [2.75, 3.05) is 12.4 Å². The Kier molecular flexibility index (Phi) is 3.58. The van der Waals surface area contributed by atoms with Crippen LogP contribution in [0.15, 0.2) is 18.2 Å². The monoisotopic (exact) mass is 250 g/mol. The molecule has 0 spiro atoms. The van der Waals surface area contributed by atoms with Crippen molar-refractivity contribution in [2.45, 2.75) is 6.18 Å². The average Bonchev–Trinajstić information content (AvgIpc) is 2.14. The predicted octanol–water partition coefficient (Wildman–Crippen LogP) is 2.37. The van der Waals surface area contributed by atoms with Gasteiger partial charge in [-0.1, -0.05) is 0 Å². The molecule has 0 saturated heterocycles. The predicted molar refractivity (Wildman–Crippen MR) is 58.4 cm³/mol. The number of nitrogens with one attached hydrogen (secondary N) is 1. The Hall–Kier alpha value is -1.50. The van der Waals surface area contributed by atoms with E-state index in [1.165, 1.54) is 13.2 Å². The minimum atomic E-state index is -4.44. The molecule has 0 unspecified atom stereocenters. The van der Waals surface area contributed by atoms with E-state index in [-0.39, 0.29) is 16.5 Å². The van der Waals surface area contributed by atoms with Crippen molar-refractivity contribution in [1.82, 2.24) is 0 Å². The third-order valence-electron chi connectivity index (χ3n) is 1.74. The molecule has 0 aliphatic heterocycles. The Morgan fingerprint density at radius 3 is 2.44 bits per heavy atom. The first kappa shape index (κ1) is 12.6. The number of ether oxygens (including phenoxy) is 1. The van der Waals surface area contributed by atoms with Crippen molar-refractivity contribution in [2.24, 2.45) is 5.73 Å². The molecule has 16 heavy (non-hydrogen) atoms. The summed E-state index contributed by atoms with van der Waals surface area (Å²) in [6, 6.07) is 3.17.